The van der Waals surface area contributed by atoms with Gasteiger partial charge >= 0.3 is 0 Å². The van der Waals surface area contributed by atoms with E-state index in [9.17, 15) is 9.18 Å². The average molecular weight is 402 g/mol. The summed E-state index contributed by atoms with van der Waals surface area (Å²) < 4.78 is 24.5. The highest BCUT2D eigenvalue weighted by molar-refractivity contribution is 8.26. The summed E-state index contributed by atoms with van der Waals surface area (Å²) in [4.78, 5) is 12.9. The molecule has 0 atom stereocenters. The maximum atomic E-state index is 13.8. The highest BCUT2D eigenvalue weighted by Gasteiger charge is 2.32. The molecule has 0 radical (unpaired) electrons. The van der Waals surface area contributed by atoms with Crippen LogP contribution in [0.5, 0.6) is 11.5 Å². The molecular formula is C19H15FN2O3S2. The predicted octanol–water partition coefficient (Wildman–Crippen LogP) is 4.08. The summed E-state index contributed by atoms with van der Waals surface area (Å²) in [6.45, 7) is 0. The van der Waals surface area contributed by atoms with Gasteiger partial charge in [-0.25, -0.2) is 4.39 Å². The van der Waals surface area contributed by atoms with Crippen molar-refractivity contribution in [2.45, 2.75) is 0 Å². The highest BCUT2D eigenvalue weighted by Crippen LogP contribution is 2.33. The molecule has 0 bridgehead atoms. The van der Waals surface area contributed by atoms with Crippen LogP contribution < -0.4 is 9.47 Å². The third-order valence-electron chi connectivity index (χ3n) is 3.72. The molecule has 1 amide bonds. The minimum Gasteiger partial charge on any atom is -0.497 e. The van der Waals surface area contributed by atoms with Crippen LogP contribution in [0.2, 0.25) is 0 Å². The van der Waals surface area contributed by atoms with Crippen molar-refractivity contribution in [2.75, 3.05) is 14.2 Å². The Labute approximate surface area is 165 Å². The summed E-state index contributed by atoms with van der Waals surface area (Å²) in [6.07, 6.45) is 2.95. The molecule has 0 aromatic heterocycles. The number of nitrogens with zero attached hydrogens (tertiary/aromatic N) is 2. The molecule has 0 saturated carbocycles. The van der Waals surface area contributed by atoms with Crippen LogP contribution in [0.3, 0.4) is 0 Å². The summed E-state index contributed by atoms with van der Waals surface area (Å²) in [6, 6.07) is 11.4. The predicted molar refractivity (Wildman–Crippen MR) is 109 cm³/mol. The number of thioether (sulfide) groups is 1. The zero-order valence-corrected chi connectivity index (χ0v) is 16.1. The van der Waals surface area contributed by atoms with Crippen LogP contribution in [0.4, 0.5) is 4.39 Å². The zero-order chi connectivity index (χ0) is 19.4. The van der Waals surface area contributed by atoms with Crippen molar-refractivity contribution >= 4 is 46.5 Å². The van der Waals surface area contributed by atoms with E-state index < -0.39 is 11.7 Å². The number of benzene rings is 2. The second kappa shape index (κ2) is 8.32. The van der Waals surface area contributed by atoms with E-state index in [0.717, 1.165) is 16.8 Å². The molecule has 0 spiro atoms. The van der Waals surface area contributed by atoms with Gasteiger partial charge in [0.2, 0.25) is 0 Å². The molecule has 1 aliphatic heterocycles. The number of methoxy groups -OCH3 is 2. The van der Waals surface area contributed by atoms with Crippen molar-refractivity contribution in [2.24, 2.45) is 5.10 Å². The molecule has 0 aliphatic carbocycles. The standard InChI is InChI=1S/C19H15FN2O3S2/c1-24-14-8-7-13(16(10-14)25-2)11-21-22-18(23)17(27-19(22)26)9-12-5-3-4-6-15(12)20/h3-11H,1-2H3/b17-9+,21-11+. The van der Waals surface area contributed by atoms with Gasteiger partial charge in [0.25, 0.3) is 5.91 Å². The van der Waals surface area contributed by atoms with Crippen LogP contribution in [-0.4, -0.2) is 35.7 Å². The lowest BCUT2D eigenvalue weighted by Crippen LogP contribution is -2.22. The largest absolute Gasteiger partial charge is 0.497 e. The van der Waals surface area contributed by atoms with E-state index in [1.54, 1.807) is 43.5 Å². The van der Waals surface area contributed by atoms with E-state index in [1.165, 1.54) is 25.5 Å². The monoisotopic (exact) mass is 402 g/mol. The molecule has 0 unspecified atom stereocenters. The topological polar surface area (TPSA) is 51.1 Å². The Hall–Kier alpha value is -2.71. The smallest absolute Gasteiger partial charge is 0.286 e. The molecule has 1 fully saturated rings. The van der Waals surface area contributed by atoms with E-state index in [1.807, 2.05) is 0 Å². The lowest BCUT2D eigenvalue weighted by atomic mass is 10.2. The van der Waals surface area contributed by atoms with E-state index in [-0.39, 0.29) is 4.32 Å². The van der Waals surface area contributed by atoms with Crippen LogP contribution >= 0.6 is 24.0 Å². The van der Waals surface area contributed by atoms with Gasteiger partial charge in [0, 0.05) is 17.2 Å². The Kier molecular flexibility index (Phi) is 5.88. The van der Waals surface area contributed by atoms with Gasteiger partial charge in [-0.3, -0.25) is 4.79 Å². The molecule has 1 heterocycles. The second-order valence-electron chi connectivity index (χ2n) is 5.37. The minimum absolute atomic E-state index is 0.270. The molecule has 0 N–H and O–H groups in total. The molecule has 5 nitrogen and oxygen atoms in total. The number of thiocarbonyl (C=S) groups is 1. The first-order chi connectivity index (χ1) is 13.0. The molecule has 3 rings (SSSR count). The normalized spacial score (nSPS) is 15.8. The molecule has 27 heavy (non-hydrogen) atoms. The number of hydrazone groups is 1. The summed E-state index contributed by atoms with van der Waals surface area (Å²) in [5.41, 5.74) is 0.976. The van der Waals surface area contributed by atoms with E-state index in [2.05, 4.69) is 5.10 Å². The number of hydrogen-bond donors (Lipinski definition) is 0. The third kappa shape index (κ3) is 4.17. The van der Waals surface area contributed by atoms with Crippen molar-refractivity contribution in [1.82, 2.24) is 5.01 Å². The second-order valence-corrected chi connectivity index (χ2v) is 7.04. The Bertz CT molecular complexity index is 960. The maximum absolute atomic E-state index is 13.8. The fraction of sp³-hybridized carbons (Fsp3) is 0.105. The molecule has 138 valence electrons. The van der Waals surface area contributed by atoms with Gasteiger partial charge < -0.3 is 9.47 Å². The maximum Gasteiger partial charge on any atom is 0.286 e. The number of amides is 1. The summed E-state index contributed by atoms with van der Waals surface area (Å²) in [7, 11) is 3.09. The number of rotatable bonds is 5. The Balaban J connectivity index is 1.84. The van der Waals surface area contributed by atoms with Gasteiger partial charge in [0.15, 0.2) is 4.32 Å². The first kappa shape index (κ1) is 19.1. The van der Waals surface area contributed by atoms with Crippen molar-refractivity contribution in [1.29, 1.82) is 0 Å². The van der Waals surface area contributed by atoms with Crippen molar-refractivity contribution < 1.29 is 18.7 Å². The Morgan fingerprint density at radius 3 is 2.63 bits per heavy atom. The molecular weight excluding hydrogens is 387 g/mol. The molecule has 1 saturated heterocycles. The minimum atomic E-state index is -0.408. The zero-order valence-electron chi connectivity index (χ0n) is 14.5. The van der Waals surface area contributed by atoms with Crippen LogP contribution in [0.1, 0.15) is 11.1 Å². The van der Waals surface area contributed by atoms with Crippen LogP contribution in [0.25, 0.3) is 6.08 Å². The van der Waals surface area contributed by atoms with Crippen molar-refractivity contribution in [3.63, 3.8) is 0 Å². The molecule has 2 aromatic rings. The summed E-state index contributed by atoms with van der Waals surface area (Å²) in [5, 5.41) is 5.28. The molecule has 2 aromatic carbocycles. The van der Waals surface area contributed by atoms with Gasteiger partial charge in [-0.2, -0.15) is 10.1 Å². The number of hydrogen-bond acceptors (Lipinski definition) is 6. The lowest BCUT2D eigenvalue weighted by molar-refractivity contribution is -0.122. The fourth-order valence-corrected chi connectivity index (χ4v) is 3.50. The Morgan fingerprint density at radius 1 is 1.15 bits per heavy atom. The van der Waals surface area contributed by atoms with Gasteiger partial charge in [-0.15, -0.1) is 0 Å². The summed E-state index contributed by atoms with van der Waals surface area (Å²) in [5.74, 6) is 0.374. The third-order valence-corrected chi connectivity index (χ3v) is 5.00. The van der Waals surface area contributed by atoms with Gasteiger partial charge in [0.05, 0.1) is 25.3 Å². The fourth-order valence-electron chi connectivity index (χ4n) is 2.34. The first-order valence-corrected chi connectivity index (χ1v) is 9.04. The van der Waals surface area contributed by atoms with Gasteiger partial charge in [-0.1, -0.05) is 30.0 Å². The lowest BCUT2D eigenvalue weighted by Gasteiger charge is -2.09. The van der Waals surface area contributed by atoms with Gasteiger partial charge in [-0.05, 0) is 36.5 Å². The number of carbonyl (C=O) groups excluding carboxylic acids is 1. The van der Waals surface area contributed by atoms with E-state index in [0.29, 0.717) is 27.5 Å². The van der Waals surface area contributed by atoms with Crippen LogP contribution in [-0.2, 0) is 4.79 Å². The number of halogens is 1. The van der Waals surface area contributed by atoms with E-state index in [4.69, 9.17) is 21.7 Å². The Morgan fingerprint density at radius 2 is 1.93 bits per heavy atom. The number of carbonyl (C=O) groups is 1. The molecule has 8 heteroatoms. The highest BCUT2D eigenvalue weighted by atomic mass is 32.2. The van der Waals surface area contributed by atoms with Crippen molar-refractivity contribution in [3.8, 4) is 11.5 Å². The van der Waals surface area contributed by atoms with E-state index >= 15 is 0 Å². The average Bonchev–Trinajstić information content (AvgIpc) is 2.94. The van der Waals surface area contributed by atoms with Crippen molar-refractivity contribution in [3.05, 3.63) is 64.3 Å². The van der Waals surface area contributed by atoms with Gasteiger partial charge in [0.1, 0.15) is 17.3 Å². The number of ether oxygens (including phenoxy) is 2. The first-order valence-electron chi connectivity index (χ1n) is 7.82. The van der Waals surface area contributed by atoms with Crippen LogP contribution in [0, 0.1) is 5.82 Å². The quantitative estimate of drug-likeness (QED) is 0.429. The van der Waals surface area contributed by atoms with Crippen LogP contribution in [0.15, 0.2) is 52.5 Å². The SMILES string of the molecule is COc1ccc(/C=N/N2C(=O)/C(=C\c3ccccc3F)SC2=S)c(OC)c1. The summed E-state index contributed by atoms with van der Waals surface area (Å²) >= 11 is 6.30. The molecule has 1 aliphatic rings.